The van der Waals surface area contributed by atoms with Crippen molar-refractivity contribution in [2.45, 2.75) is 293 Å². The van der Waals surface area contributed by atoms with Gasteiger partial charge in [-0.1, -0.05) is 305 Å². The molecule has 0 saturated heterocycles. The van der Waals surface area contributed by atoms with Crippen molar-refractivity contribution in [2.75, 3.05) is 20.4 Å². The van der Waals surface area contributed by atoms with Crippen molar-refractivity contribution >= 4 is 80.7 Å². The van der Waals surface area contributed by atoms with Gasteiger partial charge in [-0.25, -0.2) is 16.8 Å². The Morgan fingerprint density at radius 3 is 0.840 bits per heavy atom. The first kappa shape index (κ1) is 70.6. The van der Waals surface area contributed by atoms with E-state index >= 15 is 0 Å². The first-order chi connectivity index (χ1) is 39.0. The summed E-state index contributed by atoms with van der Waals surface area (Å²) in [6, 6.07) is 30.4. The SMILES string of the molecule is CCCCCCCCCCCCCCCCCCCCC1Nc2c(cccc2S(=O)(=O)[O-])N1Cc1ccccc1.CCCCCCCCCCCCCCCCCCCCC1Nc2c(cccc2S(=O)(=O)[O-])N1Cc1ccccc1.[Ca+2]. The molecule has 0 fully saturated rings. The quantitative estimate of drug-likeness (QED) is 0.0249. The van der Waals surface area contributed by atoms with E-state index in [1.54, 1.807) is 12.1 Å². The molecular formula is C68H106CaN4O6S2. The topological polar surface area (TPSA) is 145 Å². The van der Waals surface area contributed by atoms with Crippen LogP contribution in [0.15, 0.2) is 107 Å². The summed E-state index contributed by atoms with van der Waals surface area (Å²) in [5, 5.41) is 6.77. The maximum atomic E-state index is 11.9. The van der Waals surface area contributed by atoms with Gasteiger partial charge in [0, 0.05) is 13.1 Å². The average Bonchev–Trinajstić information content (AvgIpc) is 4.10. The van der Waals surface area contributed by atoms with E-state index in [1.807, 2.05) is 48.5 Å². The fourth-order valence-electron chi connectivity index (χ4n) is 11.9. The van der Waals surface area contributed by atoms with Gasteiger partial charge in [0.15, 0.2) is 0 Å². The van der Waals surface area contributed by atoms with Crippen LogP contribution in [0.2, 0.25) is 0 Å². The molecule has 0 radical (unpaired) electrons. The van der Waals surface area contributed by atoms with E-state index in [0.29, 0.717) is 24.5 Å². The number of benzene rings is 4. The van der Waals surface area contributed by atoms with Crippen LogP contribution in [-0.4, -0.2) is 76.0 Å². The van der Waals surface area contributed by atoms with E-state index < -0.39 is 20.2 Å². The summed E-state index contributed by atoms with van der Waals surface area (Å²) >= 11 is 0. The number of para-hydroxylation sites is 2. The zero-order valence-electron chi connectivity index (χ0n) is 50.5. The Morgan fingerprint density at radius 2 is 0.593 bits per heavy atom. The molecule has 10 nitrogen and oxygen atoms in total. The van der Waals surface area contributed by atoms with Gasteiger partial charge in [-0.3, -0.25) is 0 Å². The van der Waals surface area contributed by atoms with Gasteiger partial charge in [-0.15, -0.1) is 0 Å². The second kappa shape index (κ2) is 42.1. The Kier molecular flexibility index (Phi) is 36.7. The third-order valence-electron chi connectivity index (χ3n) is 16.6. The first-order valence-corrected chi connectivity index (χ1v) is 35.1. The standard InChI is InChI=1S/2C34H54N2O3S.Ca/c2*1-2-3-4-5-6-7-8-9-10-11-12-13-14-15-16-17-18-22-28-33-35-34-31(26-23-27-32(34)40(37,38)39)36(33)29-30-24-20-19-21-25-30;/h2*19-21,23-27,33,35H,2-18,22,28-29H2,1H3,(H,37,38,39);/q;;+2/p-2. The summed E-state index contributed by atoms with van der Waals surface area (Å²) in [7, 11) is -9.08. The predicted octanol–water partition coefficient (Wildman–Crippen LogP) is 19.2. The summed E-state index contributed by atoms with van der Waals surface area (Å²) in [6.45, 7) is 5.91. The minimum Gasteiger partial charge on any atom is -0.744 e. The van der Waals surface area contributed by atoms with Crippen LogP contribution < -0.4 is 20.4 Å². The molecule has 4 aromatic carbocycles. The van der Waals surface area contributed by atoms with Gasteiger partial charge < -0.3 is 29.5 Å². The van der Waals surface area contributed by atoms with E-state index in [2.05, 4.69) is 58.5 Å². The van der Waals surface area contributed by atoms with Crippen LogP contribution in [0, 0.1) is 0 Å². The molecule has 2 N–H and O–H groups in total. The van der Waals surface area contributed by atoms with E-state index in [1.165, 1.54) is 230 Å². The van der Waals surface area contributed by atoms with E-state index in [9.17, 15) is 25.9 Å². The number of rotatable bonds is 44. The molecule has 2 aliphatic heterocycles. The van der Waals surface area contributed by atoms with Crippen molar-refractivity contribution in [2.24, 2.45) is 0 Å². The number of fused-ring (bicyclic) bond motifs is 2. The van der Waals surface area contributed by atoms with Crippen molar-refractivity contribution in [1.29, 1.82) is 0 Å². The van der Waals surface area contributed by atoms with E-state index in [4.69, 9.17) is 0 Å². The smallest absolute Gasteiger partial charge is 0.744 e. The molecule has 0 spiro atoms. The molecule has 2 aliphatic rings. The molecule has 0 saturated carbocycles. The minimum absolute atomic E-state index is 0. The molecule has 2 atom stereocenters. The summed E-state index contributed by atoms with van der Waals surface area (Å²) in [5.74, 6) is 0. The average molecular weight is 1180 g/mol. The van der Waals surface area contributed by atoms with Gasteiger partial charge >= 0.3 is 37.7 Å². The van der Waals surface area contributed by atoms with Gasteiger partial charge in [-0.2, -0.15) is 0 Å². The molecule has 4 aromatic rings. The van der Waals surface area contributed by atoms with Crippen molar-refractivity contribution in [3.8, 4) is 0 Å². The monoisotopic (exact) mass is 1180 g/mol. The van der Waals surface area contributed by atoms with Gasteiger partial charge in [0.2, 0.25) is 0 Å². The van der Waals surface area contributed by atoms with Crippen LogP contribution in [0.4, 0.5) is 22.7 Å². The maximum Gasteiger partial charge on any atom is 2.00 e. The van der Waals surface area contributed by atoms with Crippen LogP contribution in [0.3, 0.4) is 0 Å². The Bertz CT molecular complexity index is 2290. The molecule has 2 unspecified atom stereocenters. The molecule has 448 valence electrons. The molecule has 0 aromatic heterocycles. The third kappa shape index (κ3) is 27.8. The number of nitrogens with one attached hydrogen (secondary N) is 2. The van der Waals surface area contributed by atoms with Gasteiger partial charge in [0.05, 0.1) is 44.9 Å². The minimum atomic E-state index is -4.54. The molecule has 6 rings (SSSR count). The number of hydrogen-bond acceptors (Lipinski definition) is 10. The van der Waals surface area contributed by atoms with E-state index in [-0.39, 0.29) is 59.9 Å². The van der Waals surface area contributed by atoms with Crippen LogP contribution in [-0.2, 0) is 33.3 Å². The molecular weight excluding hydrogens is 1070 g/mol. The Labute approximate surface area is 524 Å². The van der Waals surface area contributed by atoms with Gasteiger partial charge in [-0.05, 0) is 61.1 Å². The Morgan fingerprint density at radius 1 is 0.346 bits per heavy atom. The van der Waals surface area contributed by atoms with Crippen LogP contribution >= 0.6 is 0 Å². The van der Waals surface area contributed by atoms with Crippen molar-refractivity contribution in [3.05, 3.63) is 108 Å². The summed E-state index contributed by atoms with van der Waals surface area (Å²) in [5.41, 5.74) is 4.84. The molecule has 0 bridgehead atoms. The van der Waals surface area contributed by atoms with Crippen molar-refractivity contribution in [1.82, 2.24) is 0 Å². The zero-order valence-corrected chi connectivity index (χ0v) is 54.4. The summed E-state index contributed by atoms with van der Waals surface area (Å²) < 4.78 is 71.3. The molecule has 2 heterocycles. The maximum absolute atomic E-state index is 11.9. The number of anilines is 4. The number of nitrogens with zero attached hydrogens (tertiary/aromatic N) is 2. The van der Waals surface area contributed by atoms with Crippen LogP contribution in [0.5, 0.6) is 0 Å². The normalized spacial score (nSPS) is 14.7. The van der Waals surface area contributed by atoms with Crippen molar-refractivity contribution in [3.63, 3.8) is 0 Å². The second-order valence-corrected chi connectivity index (χ2v) is 26.1. The summed E-state index contributed by atoms with van der Waals surface area (Å²) in [4.78, 5) is 4.13. The second-order valence-electron chi connectivity index (χ2n) is 23.4. The summed E-state index contributed by atoms with van der Waals surface area (Å²) in [6.07, 6.45) is 50.6. The Balaban J connectivity index is 0.000000344. The zero-order chi connectivity index (χ0) is 56.9. The predicted molar refractivity (Wildman–Crippen MR) is 341 cm³/mol. The van der Waals surface area contributed by atoms with Crippen LogP contribution in [0.1, 0.15) is 269 Å². The van der Waals surface area contributed by atoms with Crippen molar-refractivity contribution < 1.29 is 25.9 Å². The van der Waals surface area contributed by atoms with Gasteiger partial charge in [0.25, 0.3) is 0 Å². The molecule has 81 heavy (non-hydrogen) atoms. The van der Waals surface area contributed by atoms with Crippen LogP contribution in [0.25, 0.3) is 0 Å². The fourth-order valence-corrected chi connectivity index (χ4v) is 13.3. The van der Waals surface area contributed by atoms with Gasteiger partial charge in [0.1, 0.15) is 20.2 Å². The molecule has 0 aliphatic carbocycles. The number of hydrogen-bond donors (Lipinski definition) is 2. The number of unbranched alkanes of at least 4 members (excludes halogenated alkanes) is 34. The third-order valence-corrected chi connectivity index (χ3v) is 18.4. The fraction of sp³-hybridized carbons (Fsp3) is 0.647. The molecule has 0 amide bonds. The Hall–Kier alpha value is -2.84. The molecule has 13 heteroatoms. The largest absolute Gasteiger partial charge is 2.00 e. The first-order valence-electron chi connectivity index (χ1n) is 32.3. The van der Waals surface area contributed by atoms with E-state index in [0.717, 1.165) is 48.2 Å².